The molecule has 0 atom stereocenters. The first kappa shape index (κ1) is 8.85. The molecule has 0 heterocycles. The van der Waals surface area contributed by atoms with Gasteiger partial charge >= 0.3 is 76.7 Å². The average Bonchev–Trinajstić information content (AvgIpc) is 2.04. The van der Waals surface area contributed by atoms with Crippen LogP contribution in [0.5, 0.6) is 0 Å². The van der Waals surface area contributed by atoms with Gasteiger partial charge in [0, 0.05) is 0 Å². The number of hydrogen-bond acceptors (Lipinski definition) is 0. The first-order valence-corrected chi connectivity index (χ1v) is 4.90. The molecule has 1 heteroatoms. The van der Waals surface area contributed by atoms with Gasteiger partial charge in [-0.15, -0.1) is 0 Å². The summed E-state index contributed by atoms with van der Waals surface area (Å²) < 4.78 is 0. The Morgan fingerprint density at radius 2 is 1.91 bits per heavy atom. The van der Waals surface area contributed by atoms with Gasteiger partial charge in [-0.05, 0) is 0 Å². The maximum Gasteiger partial charge on any atom is -1.00 e. The number of aryl methyl sites for hydroxylation is 2. The molecule has 58 valence electrons. The van der Waals surface area contributed by atoms with Crippen LogP contribution < -0.4 is 0 Å². The van der Waals surface area contributed by atoms with Gasteiger partial charge in [0.25, 0.3) is 0 Å². The second-order valence-corrected chi connectivity index (χ2v) is 3.46. The van der Waals surface area contributed by atoms with Crippen LogP contribution in [-0.2, 0) is 6.42 Å². The Kier molecular flexibility index (Phi) is 3.69. The van der Waals surface area contributed by atoms with Crippen molar-refractivity contribution >= 4 is 16.3 Å². The number of rotatable bonds is 3. The zero-order chi connectivity index (χ0) is 8.10. The summed E-state index contributed by atoms with van der Waals surface area (Å²) >= 11 is 2.76. The Morgan fingerprint density at radius 1 is 1.27 bits per heavy atom. The molecule has 0 aliphatic rings. The van der Waals surface area contributed by atoms with E-state index in [2.05, 4.69) is 47.5 Å². The topological polar surface area (TPSA) is 0 Å². The summed E-state index contributed by atoms with van der Waals surface area (Å²) in [7, 11) is 0. The van der Waals surface area contributed by atoms with Crippen LogP contribution >= 0.6 is 0 Å². The molecule has 0 aliphatic carbocycles. The maximum absolute atomic E-state index is 2.76. The summed E-state index contributed by atoms with van der Waals surface area (Å²) in [5.74, 6) is 0. The Morgan fingerprint density at radius 3 is 2.45 bits per heavy atom. The summed E-state index contributed by atoms with van der Waals surface area (Å²) in [6.07, 6.45) is 2.48. The number of hydrogen-bond donors (Lipinski definition) is 0. The molecule has 0 bridgehead atoms. The third kappa shape index (κ3) is 3.10. The van der Waals surface area contributed by atoms with E-state index in [-0.39, 0.29) is 2.85 Å². The first-order valence-electron chi connectivity index (χ1n) is 4.08. The quantitative estimate of drug-likeness (QED) is 0.599. The monoisotopic (exact) mass is 162 g/mol. The van der Waals surface area contributed by atoms with Gasteiger partial charge in [0.15, 0.2) is 0 Å². The van der Waals surface area contributed by atoms with E-state index in [1.54, 1.807) is 0 Å². The van der Waals surface area contributed by atoms with E-state index in [0.717, 1.165) is 0 Å². The first-order chi connectivity index (χ1) is 5.33. The molecule has 0 fully saturated rings. The van der Waals surface area contributed by atoms with Crippen molar-refractivity contribution in [1.82, 2.24) is 0 Å². The fraction of sp³-hybridized carbons (Fsp3) is 0.400. The zero-order valence-electron chi connectivity index (χ0n) is 9.01. The summed E-state index contributed by atoms with van der Waals surface area (Å²) in [6, 6.07) is 8.79. The molecule has 0 saturated heterocycles. The Hall–Kier alpha value is -0.248. The van der Waals surface area contributed by atoms with Crippen LogP contribution in [0.15, 0.2) is 24.3 Å². The molecule has 0 aliphatic heterocycles. The average molecular weight is 162 g/mol. The van der Waals surface area contributed by atoms with Crippen LogP contribution in [0.1, 0.15) is 20.4 Å². The predicted molar refractivity (Wildman–Crippen MR) is 52.3 cm³/mol. The van der Waals surface area contributed by atoms with E-state index in [4.69, 9.17) is 0 Å². The van der Waals surface area contributed by atoms with Crippen molar-refractivity contribution < 1.29 is 2.85 Å². The molecule has 0 nitrogen and oxygen atoms in total. The molecule has 11 heavy (non-hydrogen) atoms. The second-order valence-electron chi connectivity index (χ2n) is 2.88. The second kappa shape index (κ2) is 4.59. The molecule has 1 aromatic rings. The normalized spacial score (nSPS) is 10.1. The summed E-state index contributed by atoms with van der Waals surface area (Å²) in [5.41, 5.74) is 2.80. The van der Waals surface area contributed by atoms with Gasteiger partial charge in [-0.1, -0.05) is 0 Å². The largest absolute Gasteiger partial charge is 1.00 e. The standard InChI is InChI=1S/C10H13.Al.2H/c1-3-4-10-7-5-9(2)6-8-10;;;/h5-8H,1,3-4H2,2H3;;;/q;+2;2*-1. The van der Waals surface area contributed by atoms with Crippen molar-refractivity contribution in [3.8, 4) is 0 Å². The minimum absolute atomic E-state index is 0. The molecule has 0 N–H and O–H groups in total. The van der Waals surface area contributed by atoms with E-state index in [1.807, 2.05) is 0 Å². The Labute approximate surface area is 80.0 Å². The van der Waals surface area contributed by atoms with Crippen LogP contribution in [0.2, 0.25) is 5.28 Å². The van der Waals surface area contributed by atoms with Gasteiger partial charge in [-0.25, -0.2) is 0 Å². The van der Waals surface area contributed by atoms with Crippen molar-refractivity contribution in [3.63, 3.8) is 0 Å². The van der Waals surface area contributed by atoms with Gasteiger partial charge in [0.2, 0.25) is 0 Å². The van der Waals surface area contributed by atoms with E-state index in [1.165, 1.54) is 29.3 Å². The van der Waals surface area contributed by atoms with E-state index in [0.29, 0.717) is 0 Å². The fourth-order valence-corrected chi connectivity index (χ4v) is 1.27. The Bertz CT molecular complexity index is 209. The van der Waals surface area contributed by atoms with Crippen LogP contribution in [0.3, 0.4) is 0 Å². The van der Waals surface area contributed by atoms with Crippen LogP contribution in [-0.4, -0.2) is 16.3 Å². The van der Waals surface area contributed by atoms with E-state index >= 15 is 0 Å². The van der Waals surface area contributed by atoms with Crippen molar-refractivity contribution in [1.29, 1.82) is 0 Å². The van der Waals surface area contributed by atoms with Crippen molar-refractivity contribution in [3.05, 3.63) is 35.4 Å². The molecule has 0 unspecified atom stereocenters. The van der Waals surface area contributed by atoms with Crippen LogP contribution in [0.4, 0.5) is 0 Å². The SMILES string of the molecule is Cc1ccc(CC[CH2][Al+2])cc1.[H-].[H-]. The van der Waals surface area contributed by atoms with Crippen molar-refractivity contribution in [2.75, 3.05) is 0 Å². The third-order valence-electron chi connectivity index (χ3n) is 1.79. The fourth-order valence-electron chi connectivity index (χ4n) is 1.06. The molecule has 0 spiro atoms. The Balaban J connectivity index is 0. The van der Waals surface area contributed by atoms with Crippen molar-refractivity contribution in [2.45, 2.75) is 25.0 Å². The molecular weight excluding hydrogens is 147 g/mol. The van der Waals surface area contributed by atoms with Gasteiger partial charge in [0.1, 0.15) is 0 Å². The van der Waals surface area contributed by atoms with Crippen LogP contribution in [0.25, 0.3) is 0 Å². The van der Waals surface area contributed by atoms with Gasteiger partial charge in [-0.2, -0.15) is 0 Å². The molecule has 1 rings (SSSR count). The summed E-state index contributed by atoms with van der Waals surface area (Å²) in [6.45, 7) is 2.12. The van der Waals surface area contributed by atoms with Gasteiger partial charge in [-0.3, -0.25) is 0 Å². The smallest absolute Gasteiger partial charge is 1.00 e. The predicted octanol–water partition coefficient (Wildman–Crippen LogP) is 2.74. The van der Waals surface area contributed by atoms with Crippen molar-refractivity contribution in [2.24, 2.45) is 0 Å². The van der Waals surface area contributed by atoms with Gasteiger partial charge in [0.05, 0.1) is 0 Å². The number of benzene rings is 1. The molecule has 0 aromatic heterocycles. The molecule has 0 radical (unpaired) electrons. The molecule has 1 aromatic carbocycles. The maximum atomic E-state index is 2.76. The third-order valence-corrected chi connectivity index (χ3v) is 2.20. The summed E-state index contributed by atoms with van der Waals surface area (Å²) in [5, 5.41) is 1.20. The van der Waals surface area contributed by atoms with Gasteiger partial charge < -0.3 is 2.85 Å². The van der Waals surface area contributed by atoms with E-state index in [9.17, 15) is 0 Å². The minimum Gasteiger partial charge on any atom is -1.00 e. The van der Waals surface area contributed by atoms with Crippen LogP contribution in [0, 0.1) is 6.92 Å². The molecule has 0 amide bonds. The molecular formula is C10H15Al. The minimum atomic E-state index is 0. The zero-order valence-corrected chi connectivity index (χ0v) is 8.16. The van der Waals surface area contributed by atoms with E-state index < -0.39 is 0 Å². The molecule has 0 saturated carbocycles. The summed E-state index contributed by atoms with van der Waals surface area (Å²) in [4.78, 5) is 0.